The Bertz CT molecular complexity index is 377. The number of alkyl halides is 1. The monoisotopic (exact) mass is 235 g/mol. The van der Waals surface area contributed by atoms with Crippen LogP contribution in [0.1, 0.15) is 29.9 Å². The Labute approximate surface area is 102 Å². The second-order valence-electron chi connectivity index (χ2n) is 5.05. The highest BCUT2D eigenvalue weighted by atomic mass is 35.5. The number of rotatable bonds is 3. The van der Waals surface area contributed by atoms with Gasteiger partial charge in [-0.15, -0.1) is 11.6 Å². The molecule has 1 aliphatic heterocycles. The van der Waals surface area contributed by atoms with Gasteiger partial charge in [-0.25, -0.2) is 0 Å². The van der Waals surface area contributed by atoms with Crippen LogP contribution in [0.5, 0.6) is 0 Å². The van der Waals surface area contributed by atoms with Crippen LogP contribution in [0.2, 0.25) is 0 Å². The fourth-order valence-electron chi connectivity index (χ4n) is 3.12. The van der Waals surface area contributed by atoms with E-state index in [2.05, 4.69) is 29.2 Å². The molecule has 0 amide bonds. The van der Waals surface area contributed by atoms with Crippen LogP contribution in [-0.4, -0.2) is 29.9 Å². The van der Waals surface area contributed by atoms with Crippen molar-refractivity contribution in [1.82, 2.24) is 4.90 Å². The Morgan fingerprint density at radius 2 is 2.19 bits per heavy atom. The van der Waals surface area contributed by atoms with E-state index in [1.165, 1.54) is 32.4 Å². The zero-order chi connectivity index (χ0) is 11.0. The van der Waals surface area contributed by atoms with E-state index in [-0.39, 0.29) is 0 Å². The van der Waals surface area contributed by atoms with Gasteiger partial charge in [0.05, 0.1) is 0 Å². The molecule has 1 nitrogen and oxygen atoms in total. The average Bonchev–Trinajstić information content (AvgIpc) is 2.73. The van der Waals surface area contributed by atoms with Crippen molar-refractivity contribution < 1.29 is 0 Å². The Morgan fingerprint density at radius 1 is 1.31 bits per heavy atom. The summed E-state index contributed by atoms with van der Waals surface area (Å²) >= 11 is 6.01. The molecule has 1 fully saturated rings. The SMILES string of the molecule is ClCC1CCCN1CC1Cc2ccccc21. The van der Waals surface area contributed by atoms with Gasteiger partial charge in [0, 0.05) is 24.4 Å². The first-order valence-electron chi connectivity index (χ1n) is 6.26. The van der Waals surface area contributed by atoms with Gasteiger partial charge >= 0.3 is 0 Å². The predicted molar refractivity (Wildman–Crippen MR) is 68.2 cm³/mol. The molecule has 0 bridgehead atoms. The van der Waals surface area contributed by atoms with Crippen LogP contribution >= 0.6 is 11.6 Å². The number of likely N-dealkylation sites (tertiary alicyclic amines) is 1. The number of hydrogen-bond donors (Lipinski definition) is 0. The van der Waals surface area contributed by atoms with Gasteiger partial charge in [0.25, 0.3) is 0 Å². The molecule has 1 heterocycles. The summed E-state index contributed by atoms with van der Waals surface area (Å²) in [6, 6.07) is 9.49. The van der Waals surface area contributed by atoms with Crippen LogP contribution in [0, 0.1) is 0 Å². The van der Waals surface area contributed by atoms with Gasteiger partial charge in [0.2, 0.25) is 0 Å². The predicted octanol–water partition coefficient (Wildman–Crippen LogP) is 3.03. The maximum absolute atomic E-state index is 6.01. The zero-order valence-corrected chi connectivity index (χ0v) is 10.3. The number of fused-ring (bicyclic) bond motifs is 1. The van der Waals surface area contributed by atoms with Gasteiger partial charge in [-0.05, 0) is 36.9 Å². The highest BCUT2D eigenvalue weighted by molar-refractivity contribution is 6.18. The summed E-state index contributed by atoms with van der Waals surface area (Å²) in [7, 11) is 0. The van der Waals surface area contributed by atoms with Crippen molar-refractivity contribution in [2.24, 2.45) is 0 Å². The van der Waals surface area contributed by atoms with Crippen LogP contribution in [0.4, 0.5) is 0 Å². The Hall–Kier alpha value is -0.530. The lowest BCUT2D eigenvalue weighted by Gasteiger charge is -2.35. The normalized spacial score (nSPS) is 28.8. The zero-order valence-electron chi connectivity index (χ0n) is 9.53. The molecular formula is C14H18ClN. The van der Waals surface area contributed by atoms with Gasteiger partial charge < -0.3 is 0 Å². The van der Waals surface area contributed by atoms with Crippen molar-refractivity contribution in [3.8, 4) is 0 Å². The summed E-state index contributed by atoms with van der Waals surface area (Å²) in [5.41, 5.74) is 3.12. The molecular weight excluding hydrogens is 218 g/mol. The third-order valence-electron chi connectivity index (χ3n) is 4.09. The first-order chi connectivity index (χ1) is 7.88. The minimum atomic E-state index is 0.634. The Balaban J connectivity index is 1.65. The summed E-state index contributed by atoms with van der Waals surface area (Å²) in [5, 5.41) is 0. The van der Waals surface area contributed by atoms with E-state index in [1.54, 1.807) is 11.1 Å². The van der Waals surface area contributed by atoms with Crippen LogP contribution in [0.25, 0.3) is 0 Å². The molecule has 2 unspecified atom stereocenters. The lowest BCUT2D eigenvalue weighted by atomic mass is 9.77. The highest BCUT2D eigenvalue weighted by Crippen LogP contribution is 2.36. The Morgan fingerprint density at radius 3 is 3.00 bits per heavy atom. The summed E-state index contributed by atoms with van der Waals surface area (Å²) in [4.78, 5) is 2.59. The third kappa shape index (κ3) is 1.76. The standard InChI is InChI=1S/C14H18ClN/c15-9-13-5-3-7-16(13)10-12-8-11-4-1-2-6-14(11)12/h1-2,4,6,12-13H,3,5,7-10H2. The van der Waals surface area contributed by atoms with Gasteiger partial charge in [0.1, 0.15) is 0 Å². The molecule has 1 saturated heterocycles. The van der Waals surface area contributed by atoms with Crippen LogP contribution in [0.15, 0.2) is 24.3 Å². The first-order valence-corrected chi connectivity index (χ1v) is 6.80. The van der Waals surface area contributed by atoms with E-state index in [4.69, 9.17) is 11.6 Å². The average molecular weight is 236 g/mol. The lowest BCUT2D eigenvalue weighted by Crippen LogP contribution is -2.37. The molecule has 2 atom stereocenters. The van der Waals surface area contributed by atoms with Gasteiger partial charge in [-0.3, -0.25) is 4.90 Å². The van der Waals surface area contributed by atoms with Crippen molar-refractivity contribution in [2.45, 2.75) is 31.2 Å². The molecule has 0 spiro atoms. The van der Waals surface area contributed by atoms with E-state index in [0.717, 1.165) is 11.8 Å². The molecule has 2 aliphatic rings. The van der Waals surface area contributed by atoms with E-state index in [0.29, 0.717) is 6.04 Å². The molecule has 3 rings (SSSR count). The van der Waals surface area contributed by atoms with Gasteiger partial charge in [-0.1, -0.05) is 24.3 Å². The summed E-state index contributed by atoms with van der Waals surface area (Å²) in [6.45, 7) is 2.46. The molecule has 1 aromatic rings. The molecule has 1 aromatic carbocycles. The van der Waals surface area contributed by atoms with E-state index < -0.39 is 0 Å². The minimum absolute atomic E-state index is 0.634. The third-order valence-corrected chi connectivity index (χ3v) is 4.45. The molecule has 0 saturated carbocycles. The summed E-state index contributed by atoms with van der Waals surface area (Å²) in [6.07, 6.45) is 3.88. The number of halogens is 1. The fourth-order valence-corrected chi connectivity index (χ4v) is 3.47. The van der Waals surface area contributed by atoms with Gasteiger partial charge in [-0.2, -0.15) is 0 Å². The fraction of sp³-hybridized carbons (Fsp3) is 0.571. The largest absolute Gasteiger partial charge is 0.299 e. The molecule has 0 N–H and O–H groups in total. The second kappa shape index (κ2) is 4.38. The molecule has 2 heteroatoms. The maximum atomic E-state index is 6.01. The molecule has 16 heavy (non-hydrogen) atoms. The van der Waals surface area contributed by atoms with E-state index in [9.17, 15) is 0 Å². The molecule has 0 aromatic heterocycles. The molecule has 86 valence electrons. The van der Waals surface area contributed by atoms with Crippen molar-refractivity contribution in [3.05, 3.63) is 35.4 Å². The lowest BCUT2D eigenvalue weighted by molar-refractivity contribution is 0.245. The minimum Gasteiger partial charge on any atom is -0.299 e. The van der Waals surface area contributed by atoms with Crippen molar-refractivity contribution >= 4 is 11.6 Å². The second-order valence-corrected chi connectivity index (χ2v) is 5.35. The quantitative estimate of drug-likeness (QED) is 0.728. The number of benzene rings is 1. The van der Waals surface area contributed by atoms with Crippen molar-refractivity contribution in [2.75, 3.05) is 19.0 Å². The van der Waals surface area contributed by atoms with Gasteiger partial charge in [0.15, 0.2) is 0 Å². The van der Waals surface area contributed by atoms with Crippen LogP contribution in [-0.2, 0) is 6.42 Å². The van der Waals surface area contributed by atoms with Crippen LogP contribution < -0.4 is 0 Å². The number of nitrogens with zero attached hydrogens (tertiary/aromatic N) is 1. The maximum Gasteiger partial charge on any atom is 0.0379 e. The van der Waals surface area contributed by atoms with Crippen molar-refractivity contribution in [1.29, 1.82) is 0 Å². The summed E-state index contributed by atoms with van der Waals surface area (Å²) in [5.74, 6) is 1.56. The smallest absolute Gasteiger partial charge is 0.0379 e. The topological polar surface area (TPSA) is 3.24 Å². The molecule has 0 radical (unpaired) electrons. The Kier molecular flexibility index (Phi) is 2.91. The molecule has 1 aliphatic carbocycles. The van der Waals surface area contributed by atoms with E-state index >= 15 is 0 Å². The highest BCUT2D eigenvalue weighted by Gasteiger charge is 2.31. The first kappa shape index (κ1) is 10.6. The number of hydrogen-bond acceptors (Lipinski definition) is 1. The van der Waals surface area contributed by atoms with Crippen LogP contribution in [0.3, 0.4) is 0 Å². The summed E-state index contributed by atoms with van der Waals surface area (Å²) < 4.78 is 0. The van der Waals surface area contributed by atoms with E-state index in [1.807, 2.05) is 0 Å². The van der Waals surface area contributed by atoms with Crippen molar-refractivity contribution in [3.63, 3.8) is 0 Å².